The minimum Gasteiger partial charge on any atom is -0.341 e. The number of anilines is 1. The predicted octanol–water partition coefficient (Wildman–Crippen LogP) is 1.99. The van der Waals surface area contributed by atoms with E-state index in [1.54, 1.807) is 0 Å². The van der Waals surface area contributed by atoms with Crippen molar-refractivity contribution in [1.29, 1.82) is 0 Å². The van der Waals surface area contributed by atoms with E-state index in [2.05, 4.69) is 28.8 Å². The van der Waals surface area contributed by atoms with E-state index in [1.807, 2.05) is 12.4 Å². The van der Waals surface area contributed by atoms with Crippen molar-refractivity contribution in [1.82, 2.24) is 9.97 Å². The minimum absolute atomic E-state index is 0.599. The number of nitrogens with zero attached hydrogens (tertiary/aromatic N) is 3. The fourth-order valence-electron chi connectivity index (χ4n) is 2.62. The van der Waals surface area contributed by atoms with Crippen LogP contribution in [-0.2, 0) is 6.42 Å². The van der Waals surface area contributed by atoms with E-state index in [-0.39, 0.29) is 0 Å². The fourth-order valence-corrected chi connectivity index (χ4v) is 2.62. The van der Waals surface area contributed by atoms with Crippen LogP contribution in [0.1, 0.15) is 38.2 Å². The van der Waals surface area contributed by atoms with Crippen LogP contribution >= 0.6 is 0 Å². The highest BCUT2D eigenvalue weighted by atomic mass is 15.2. The normalized spacial score (nSPS) is 23.9. The summed E-state index contributed by atoms with van der Waals surface area (Å²) in [5, 5.41) is 0. The Morgan fingerprint density at radius 1 is 1.22 bits per heavy atom. The molecule has 0 atom stereocenters. The molecule has 0 bridgehead atoms. The largest absolute Gasteiger partial charge is 0.341 e. The number of hydrogen-bond acceptors (Lipinski definition) is 4. The first-order valence-corrected chi connectivity index (χ1v) is 6.94. The summed E-state index contributed by atoms with van der Waals surface area (Å²) in [7, 11) is 2.11. The van der Waals surface area contributed by atoms with Gasteiger partial charge in [0, 0.05) is 25.5 Å². The van der Waals surface area contributed by atoms with Crippen LogP contribution in [0.4, 0.5) is 5.95 Å². The lowest BCUT2D eigenvalue weighted by atomic mass is 9.87. The van der Waals surface area contributed by atoms with E-state index in [4.69, 9.17) is 5.73 Å². The molecule has 0 aromatic carbocycles. The molecule has 100 valence electrons. The zero-order chi connectivity index (χ0) is 13.0. The molecule has 0 saturated heterocycles. The number of rotatable bonds is 4. The van der Waals surface area contributed by atoms with Gasteiger partial charge in [0.15, 0.2) is 0 Å². The predicted molar refractivity (Wildman–Crippen MR) is 74.6 cm³/mol. The van der Waals surface area contributed by atoms with E-state index in [0.717, 1.165) is 23.9 Å². The van der Waals surface area contributed by atoms with Crippen molar-refractivity contribution in [3.63, 3.8) is 0 Å². The van der Waals surface area contributed by atoms with Crippen LogP contribution in [-0.4, -0.2) is 29.6 Å². The lowest BCUT2D eigenvalue weighted by molar-refractivity contribution is 0.339. The standard InChI is InChI=1S/C14H24N4/c1-11-3-5-13(6-4-11)18(2)14-16-9-12(7-8-15)10-17-14/h9-11,13H,3-8,15H2,1-2H3. The van der Waals surface area contributed by atoms with E-state index in [9.17, 15) is 0 Å². The van der Waals surface area contributed by atoms with Crippen molar-refractivity contribution in [3.05, 3.63) is 18.0 Å². The zero-order valence-corrected chi connectivity index (χ0v) is 11.5. The molecule has 1 saturated carbocycles. The highest BCUT2D eigenvalue weighted by molar-refractivity contribution is 5.30. The van der Waals surface area contributed by atoms with Crippen molar-refractivity contribution in [3.8, 4) is 0 Å². The molecule has 1 aromatic rings. The van der Waals surface area contributed by atoms with Crippen molar-refractivity contribution in [2.45, 2.75) is 45.1 Å². The topological polar surface area (TPSA) is 55.0 Å². The third-order valence-corrected chi connectivity index (χ3v) is 3.97. The minimum atomic E-state index is 0.599. The molecule has 1 fully saturated rings. The Balaban J connectivity index is 1.97. The van der Waals surface area contributed by atoms with Gasteiger partial charge < -0.3 is 10.6 Å². The summed E-state index contributed by atoms with van der Waals surface area (Å²) < 4.78 is 0. The van der Waals surface area contributed by atoms with Gasteiger partial charge in [0.05, 0.1) is 0 Å². The maximum atomic E-state index is 5.52. The summed E-state index contributed by atoms with van der Waals surface area (Å²) >= 11 is 0. The number of aromatic nitrogens is 2. The van der Waals surface area contributed by atoms with Crippen molar-refractivity contribution in [2.24, 2.45) is 11.7 Å². The van der Waals surface area contributed by atoms with Gasteiger partial charge in [-0.15, -0.1) is 0 Å². The third kappa shape index (κ3) is 3.19. The Morgan fingerprint density at radius 3 is 2.39 bits per heavy atom. The maximum Gasteiger partial charge on any atom is 0.225 e. The van der Waals surface area contributed by atoms with Crippen molar-refractivity contribution >= 4 is 5.95 Å². The molecule has 0 aliphatic heterocycles. The second kappa shape index (κ2) is 6.14. The van der Waals surface area contributed by atoms with Crippen LogP contribution in [0.25, 0.3) is 0 Å². The summed E-state index contributed by atoms with van der Waals surface area (Å²) in [6.45, 7) is 2.99. The van der Waals surface area contributed by atoms with Crippen LogP contribution in [0.3, 0.4) is 0 Å². The number of hydrogen-bond donors (Lipinski definition) is 1. The molecule has 4 heteroatoms. The Bertz CT molecular complexity index is 355. The van der Waals surface area contributed by atoms with E-state index >= 15 is 0 Å². The van der Waals surface area contributed by atoms with Gasteiger partial charge >= 0.3 is 0 Å². The first-order valence-electron chi connectivity index (χ1n) is 6.94. The molecule has 1 aromatic heterocycles. The molecule has 4 nitrogen and oxygen atoms in total. The maximum absolute atomic E-state index is 5.52. The second-order valence-electron chi connectivity index (χ2n) is 5.45. The molecule has 0 unspecified atom stereocenters. The molecule has 0 radical (unpaired) electrons. The Hall–Kier alpha value is -1.16. The second-order valence-corrected chi connectivity index (χ2v) is 5.45. The fraction of sp³-hybridized carbons (Fsp3) is 0.714. The molecular formula is C14H24N4. The monoisotopic (exact) mass is 248 g/mol. The van der Waals surface area contributed by atoms with Gasteiger partial charge in [-0.25, -0.2) is 9.97 Å². The summed E-state index contributed by atoms with van der Waals surface area (Å²) in [5.41, 5.74) is 6.64. The van der Waals surface area contributed by atoms with Crippen LogP contribution in [0.2, 0.25) is 0 Å². The lowest BCUT2D eigenvalue weighted by Crippen LogP contribution is -2.35. The Morgan fingerprint density at radius 2 is 1.83 bits per heavy atom. The molecule has 1 aliphatic carbocycles. The van der Waals surface area contributed by atoms with Crippen LogP contribution in [0.15, 0.2) is 12.4 Å². The van der Waals surface area contributed by atoms with Gasteiger partial charge in [0.1, 0.15) is 0 Å². The summed E-state index contributed by atoms with van der Waals surface area (Å²) in [6, 6.07) is 0.599. The first kappa shape index (κ1) is 13.3. The van der Waals surface area contributed by atoms with Gasteiger partial charge in [-0.05, 0) is 50.1 Å². The quantitative estimate of drug-likeness (QED) is 0.885. The van der Waals surface area contributed by atoms with E-state index < -0.39 is 0 Å². The number of nitrogens with two attached hydrogens (primary N) is 1. The van der Waals surface area contributed by atoms with Gasteiger partial charge in [0.2, 0.25) is 5.95 Å². The lowest BCUT2D eigenvalue weighted by Gasteiger charge is -2.33. The molecule has 1 heterocycles. The highest BCUT2D eigenvalue weighted by Gasteiger charge is 2.22. The van der Waals surface area contributed by atoms with Crippen LogP contribution in [0, 0.1) is 5.92 Å². The average Bonchev–Trinajstić information content (AvgIpc) is 2.40. The molecule has 2 N–H and O–H groups in total. The summed E-state index contributed by atoms with van der Waals surface area (Å²) in [4.78, 5) is 11.1. The SMILES string of the molecule is CC1CCC(N(C)c2ncc(CCN)cn2)CC1. The smallest absolute Gasteiger partial charge is 0.225 e. The molecule has 18 heavy (non-hydrogen) atoms. The van der Waals surface area contributed by atoms with E-state index in [0.29, 0.717) is 12.6 Å². The van der Waals surface area contributed by atoms with Gasteiger partial charge in [-0.2, -0.15) is 0 Å². The summed E-state index contributed by atoms with van der Waals surface area (Å²) in [5.74, 6) is 1.72. The van der Waals surface area contributed by atoms with E-state index in [1.165, 1.54) is 25.7 Å². The van der Waals surface area contributed by atoms with Crippen LogP contribution < -0.4 is 10.6 Å². The first-order chi connectivity index (χ1) is 8.70. The third-order valence-electron chi connectivity index (χ3n) is 3.97. The molecule has 0 spiro atoms. The van der Waals surface area contributed by atoms with Crippen LogP contribution in [0.5, 0.6) is 0 Å². The van der Waals surface area contributed by atoms with Crippen molar-refractivity contribution in [2.75, 3.05) is 18.5 Å². The zero-order valence-electron chi connectivity index (χ0n) is 11.5. The van der Waals surface area contributed by atoms with Gasteiger partial charge in [-0.1, -0.05) is 6.92 Å². The Kier molecular flexibility index (Phi) is 4.53. The summed E-state index contributed by atoms with van der Waals surface area (Å²) in [6.07, 6.45) is 9.80. The van der Waals surface area contributed by atoms with Gasteiger partial charge in [0.25, 0.3) is 0 Å². The molecular weight excluding hydrogens is 224 g/mol. The highest BCUT2D eigenvalue weighted by Crippen LogP contribution is 2.27. The molecule has 2 rings (SSSR count). The Labute approximate surface area is 110 Å². The average molecular weight is 248 g/mol. The molecule has 1 aliphatic rings. The molecule has 0 amide bonds. The van der Waals surface area contributed by atoms with Gasteiger partial charge in [-0.3, -0.25) is 0 Å². The van der Waals surface area contributed by atoms with Crippen molar-refractivity contribution < 1.29 is 0 Å².